The van der Waals surface area contributed by atoms with E-state index in [1.807, 2.05) is 32.0 Å². The van der Waals surface area contributed by atoms with Crippen LogP contribution in [0.25, 0.3) is 0 Å². The van der Waals surface area contributed by atoms with E-state index in [9.17, 15) is 9.59 Å². The number of amides is 2. The Morgan fingerprint density at radius 1 is 1.12 bits per heavy atom. The minimum atomic E-state index is -0.185. The third-order valence-electron chi connectivity index (χ3n) is 4.32. The van der Waals surface area contributed by atoms with Crippen LogP contribution in [0.3, 0.4) is 0 Å². The van der Waals surface area contributed by atoms with Crippen molar-refractivity contribution in [3.8, 4) is 0 Å². The van der Waals surface area contributed by atoms with Crippen LogP contribution in [-0.4, -0.2) is 34.8 Å². The van der Waals surface area contributed by atoms with Crippen LogP contribution in [0.2, 0.25) is 0 Å². The van der Waals surface area contributed by atoms with Crippen molar-refractivity contribution in [2.75, 3.05) is 13.1 Å². The number of carbonyl (C=O) groups is 2. The molecule has 2 heterocycles. The van der Waals surface area contributed by atoms with Crippen LogP contribution in [0, 0.1) is 20.8 Å². The van der Waals surface area contributed by atoms with Crippen molar-refractivity contribution in [1.29, 1.82) is 0 Å². The highest BCUT2D eigenvalue weighted by Crippen LogP contribution is 2.16. The molecule has 1 aromatic heterocycles. The fraction of sp³-hybridized carbons (Fsp3) is 0.421. The summed E-state index contributed by atoms with van der Waals surface area (Å²) in [6, 6.07) is 5.70. The van der Waals surface area contributed by atoms with Gasteiger partial charge in [0, 0.05) is 18.7 Å². The first-order valence-electron chi connectivity index (χ1n) is 8.56. The number of nitrogens with one attached hydrogen (secondary N) is 1. The Morgan fingerprint density at radius 2 is 1.76 bits per heavy atom. The first-order chi connectivity index (χ1) is 11.9. The molecule has 25 heavy (non-hydrogen) atoms. The molecule has 0 radical (unpaired) electrons. The van der Waals surface area contributed by atoms with Crippen LogP contribution < -0.4 is 5.32 Å². The third-order valence-corrected chi connectivity index (χ3v) is 4.32. The maximum Gasteiger partial charge on any atom is 0.276 e. The zero-order valence-corrected chi connectivity index (χ0v) is 14.9. The van der Waals surface area contributed by atoms with Crippen molar-refractivity contribution in [2.24, 2.45) is 0 Å². The highest BCUT2D eigenvalue weighted by Gasteiger charge is 2.25. The summed E-state index contributed by atoms with van der Waals surface area (Å²) in [5.74, 6) is 0.561. The van der Waals surface area contributed by atoms with Gasteiger partial charge in [0.25, 0.3) is 11.8 Å². The molecule has 6 nitrogen and oxygen atoms in total. The van der Waals surface area contributed by atoms with Crippen LogP contribution in [-0.2, 0) is 6.54 Å². The molecule has 0 aliphatic carbocycles. The smallest absolute Gasteiger partial charge is 0.276 e. The molecule has 1 saturated heterocycles. The van der Waals surface area contributed by atoms with E-state index >= 15 is 0 Å². The summed E-state index contributed by atoms with van der Waals surface area (Å²) in [7, 11) is 0. The monoisotopic (exact) mass is 341 g/mol. The van der Waals surface area contributed by atoms with Gasteiger partial charge >= 0.3 is 0 Å². The maximum absolute atomic E-state index is 12.4. The van der Waals surface area contributed by atoms with Crippen molar-refractivity contribution in [2.45, 2.75) is 40.2 Å². The number of rotatable bonds is 4. The first kappa shape index (κ1) is 17.2. The van der Waals surface area contributed by atoms with Crippen molar-refractivity contribution in [3.05, 3.63) is 52.2 Å². The topological polar surface area (TPSA) is 75.4 Å². The largest absolute Gasteiger partial charge is 0.443 e. The second-order valence-electron chi connectivity index (χ2n) is 6.57. The number of oxazole rings is 1. The number of benzene rings is 1. The van der Waals surface area contributed by atoms with E-state index in [4.69, 9.17) is 4.42 Å². The van der Waals surface area contributed by atoms with Crippen LogP contribution in [0.5, 0.6) is 0 Å². The Bertz CT molecular complexity index is 784. The summed E-state index contributed by atoms with van der Waals surface area (Å²) < 4.78 is 5.56. The SMILES string of the molecule is Cc1cc(C)cc(C(=O)NCc2nc(C(=O)N3CCCC3)c(C)o2)c1. The summed E-state index contributed by atoms with van der Waals surface area (Å²) in [5.41, 5.74) is 3.03. The van der Waals surface area contributed by atoms with E-state index in [1.54, 1.807) is 11.8 Å². The summed E-state index contributed by atoms with van der Waals surface area (Å²) in [4.78, 5) is 30.8. The quantitative estimate of drug-likeness (QED) is 0.928. The Kier molecular flexibility index (Phi) is 4.88. The number of hydrogen-bond donors (Lipinski definition) is 1. The van der Waals surface area contributed by atoms with Crippen molar-refractivity contribution in [3.63, 3.8) is 0 Å². The molecule has 1 N–H and O–H groups in total. The van der Waals surface area contributed by atoms with Gasteiger partial charge < -0.3 is 14.6 Å². The molecule has 1 fully saturated rings. The van der Waals surface area contributed by atoms with Gasteiger partial charge in [0.15, 0.2) is 5.69 Å². The lowest BCUT2D eigenvalue weighted by Crippen LogP contribution is -2.28. The van der Waals surface area contributed by atoms with Crippen LogP contribution >= 0.6 is 0 Å². The number of aromatic nitrogens is 1. The normalized spacial score (nSPS) is 14.0. The van der Waals surface area contributed by atoms with Crippen molar-refractivity contribution in [1.82, 2.24) is 15.2 Å². The molecule has 0 saturated carbocycles. The molecule has 132 valence electrons. The lowest BCUT2D eigenvalue weighted by atomic mass is 10.1. The zero-order chi connectivity index (χ0) is 18.0. The second-order valence-corrected chi connectivity index (χ2v) is 6.57. The molecule has 0 bridgehead atoms. The van der Waals surface area contributed by atoms with Gasteiger partial charge in [-0.15, -0.1) is 0 Å². The van der Waals surface area contributed by atoms with E-state index in [-0.39, 0.29) is 18.4 Å². The molecule has 0 unspecified atom stereocenters. The summed E-state index contributed by atoms with van der Waals surface area (Å²) in [6.45, 7) is 7.33. The Morgan fingerprint density at radius 3 is 2.40 bits per heavy atom. The fourth-order valence-corrected chi connectivity index (χ4v) is 3.16. The molecular formula is C19H23N3O3. The molecule has 6 heteroatoms. The van der Waals surface area contributed by atoms with Crippen LogP contribution in [0.1, 0.15) is 56.5 Å². The Labute approximate surface area is 147 Å². The number of aryl methyl sites for hydroxylation is 3. The van der Waals surface area contributed by atoms with Gasteiger partial charge in [-0.1, -0.05) is 17.2 Å². The van der Waals surface area contributed by atoms with E-state index in [0.29, 0.717) is 22.9 Å². The third kappa shape index (κ3) is 3.90. The molecule has 1 aromatic carbocycles. The highest BCUT2D eigenvalue weighted by atomic mass is 16.4. The number of carbonyl (C=O) groups excluding carboxylic acids is 2. The van der Waals surface area contributed by atoms with Crippen molar-refractivity contribution < 1.29 is 14.0 Å². The molecule has 1 aliphatic rings. The minimum Gasteiger partial charge on any atom is -0.443 e. The first-order valence-corrected chi connectivity index (χ1v) is 8.56. The van der Waals surface area contributed by atoms with Gasteiger partial charge in [0.05, 0.1) is 6.54 Å². The number of likely N-dealkylation sites (tertiary alicyclic amines) is 1. The summed E-state index contributed by atoms with van der Waals surface area (Å²) in [5, 5.41) is 2.80. The number of nitrogens with zero attached hydrogens (tertiary/aromatic N) is 2. The maximum atomic E-state index is 12.4. The van der Waals surface area contributed by atoms with Gasteiger partial charge in [0.1, 0.15) is 5.76 Å². The molecule has 3 rings (SSSR count). The molecule has 0 spiro atoms. The molecular weight excluding hydrogens is 318 g/mol. The van der Waals surface area contributed by atoms with Crippen molar-refractivity contribution >= 4 is 11.8 Å². The zero-order valence-electron chi connectivity index (χ0n) is 14.9. The van der Waals surface area contributed by atoms with E-state index in [2.05, 4.69) is 10.3 Å². The van der Waals surface area contributed by atoms with E-state index < -0.39 is 0 Å². The lowest BCUT2D eigenvalue weighted by molar-refractivity contribution is 0.0785. The summed E-state index contributed by atoms with van der Waals surface area (Å²) in [6.07, 6.45) is 2.06. The highest BCUT2D eigenvalue weighted by molar-refractivity contribution is 5.95. The van der Waals surface area contributed by atoms with Crippen LogP contribution in [0.4, 0.5) is 0 Å². The van der Waals surface area contributed by atoms with Gasteiger partial charge in [-0.25, -0.2) is 4.98 Å². The predicted molar refractivity (Wildman–Crippen MR) is 93.5 cm³/mol. The molecule has 2 amide bonds. The summed E-state index contributed by atoms with van der Waals surface area (Å²) >= 11 is 0. The van der Waals surface area contributed by atoms with E-state index in [1.165, 1.54) is 0 Å². The molecule has 0 atom stereocenters. The van der Waals surface area contributed by atoms with Gasteiger partial charge in [-0.05, 0) is 45.7 Å². The second kappa shape index (κ2) is 7.09. The van der Waals surface area contributed by atoms with Gasteiger partial charge in [-0.3, -0.25) is 9.59 Å². The Balaban J connectivity index is 1.66. The molecule has 2 aromatic rings. The Hall–Kier alpha value is -2.63. The molecule has 1 aliphatic heterocycles. The lowest BCUT2D eigenvalue weighted by Gasteiger charge is -2.13. The van der Waals surface area contributed by atoms with Crippen LogP contribution in [0.15, 0.2) is 22.6 Å². The predicted octanol–water partition coefficient (Wildman–Crippen LogP) is 2.77. The van der Waals surface area contributed by atoms with Gasteiger partial charge in [-0.2, -0.15) is 0 Å². The minimum absolute atomic E-state index is 0.0920. The fourth-order valence-electron chi connectivity index (χ4n) is 3.16. The average molecular weight is 341 g/mol. The van der Waals surface area contributed by atoms with E-state index in [0.717, 1.165) is 37.1 Å². The number of hydrogen-bond acceptors (Lipinski definition) is 4. The standard InChI is InChI=1S/C19H23N3O3/c1-12-8-13(2)10-15(9-12)18(23)20-11-16-21-17(14(3)25-16)19(24)22-6-4-5-7-22/h8-10H,4-7,11H2,1-3H3,(H,20,23). The van der Waals surface area contributed by atoms with Gasteiger partial charge in [0.2, 0.25) is 5.89 Å². The average Bonchev–Trinajstić information content (AvgIpc) is 3.20.